The number of sulfonamides is 1. The fourth-order valence-electron chi connectivity index (χ4n) is 1.29. The second kappa shape index (κ2) is 5.44. The second-order valence-electron chi connectivity index (χ2n) is 3.48. The fourth-order valence-corrected chi connectivity index (χ4v) is 2.60. The molecule has 0 fully saturated rings. The first-order chi connectivity index (χ1) is 7.91. The van der Waals surface area contributed by atoms with E-state index in [1.54, 1.807) is 0 Å². The number of anilines is 1. The van der Waals surface area contributed by atoms with E-state index in [-0.39, 0.29) is 18.8 Å². The Labute approximate surface area is 100 Å². The van der Waals surface area contributed by atoms with Crippen LogP contribution in [0, 0.1) is 5.82 Å². The van der Waals surface area contributed by atoms with Crippen molar-refractivity contribution in [2.24, 2.45) is 0 Å². The van der Waals surface area contributed by atoms with Crippen LogP contribution in [-0.2, 0) is 14.8 Å². The van der Waals surface area contributed by atoms with Crippen LogP contribution in [0.5, 0.6) is 0 Å². The molecule has 0 saturated heterocycles. The number of methoxy groups -OCH3 is 1. The van der Waals surface area contributed by atoms with Crippen LogP contribution >= 0.6 is 0 Å². The molecule has 0 unspecified atom stereocenters. The van der Waals surface area contributed by atoms with Gasteiger partial charge >= 0.3 is 0 Å². The Balaban J connectivity index is 3.13. The van der Waals surface area contributed by atoms with E-state index < -0.39 is 20.7 Å². The van der Waals surface area contributed by atoms with Crippen LogP contribution in [0.1, 0.15) is 0 Å². The van der Waals surface area contributed by atoms with Crippen LogP contribution in [0.2, 0.25) is 0 Å². The highest BCUT2D eigenvalue weighted by Crippen LogP contribution is 2.24. The molecule has 5 nitrogen and oxygen atoms in total. The topological polar surface area (TPSA) is 72.6 Å². The molecule has 0 aliphatic rings. The number of likely N-dealkylation sites (N-methyl/N-ethyl adjacent to an activating group) is 1. The summed E-state index contributed by atoms with van der Waals surface area (Å²) in [5.41, 5.74) is 5.39. The van der Waals surface area contributed by atoms with Crippen molar-refractivity contribution in [3.05, 3.63) is 24.0 Å². The van der Waals surface area contributed by atoms with Crippen LogP contribution < -0.4 is 5.73 Å². The summed E-state index contributed by atoms with van der Waals surface area (Å²) in [6.07, 6.45) is 0. The summed E-state index contributed by atoms with van der Waals surface area (Å²) >= 11 is 0. The molecule has 1 aromatic carbocycles. The first-order valence-corrected chi connectivity index (χ1v) is 6.34. The van der Waals surface area contributed by atoms with Crippen molar-refractivity contribution >= 4 is 15.7 Å². The van der Waals surface area contributed by atoms with Gasteiger partial charge in [0.25, 0.3) is 0 Å². The van der Waals surface area contributed by atoms with Gasteiger partial charge in [0.2, 0.25) is 10.0 Å². The van der Waals surface area contributed by atoms with Gasteiger partial charge in [-0.15, -0.1) is 0 Å². The number of hydrogen-bond acceptors (Lipinski definition) is 4. The quantitative estimate of drug-likeness (QED) is 0.792. The van der Waals surface area contributed by atoms with Gasteiger partial charge in [0.1, 0.15) is 10.7 Å². The van der Waals surface area contributed by atoms with Crippen LogP contribution in [0.15, 0.2) is 23.1 Å². The van der Waals surface area contributed by atoms with E-state index >= 15 is 0 Å². The molecular formula is C10H15FN2O3S. The lowest BCUT2D eigenvalue weighted by molar-refractivity contribution is 0.185. The van der Waals surface area contributed by atoms with E-state index in [9.17, 15) is 12.8 Å². The van der Waals surface area contributed by atoms with Gasteiger partial charge in [0.15, 0.2) is 0 Å². The number of benzene rings is 1. The van der Waals surface area contributed by atoms with Gasteiger partial charge in [-0.05, 0) is 12.1 Å². The summed E-state index contributed by atoms with van der Waals surface area (Å²) < 4.78 is 43.3. The number of nitrogen functional groups attached to an aromatic ring is 1. The molecule has 0 aliphatic heterocycles. The van der Waals surface area contributed by atoms with Crippen molar-refractivity contribution < 1.29 is 17.5 Å². The molecule has 1 aromatic rings. The molecule has 17 heavy (non-hydrogen) atoms. The van der Waals surface area contributed by atoms with Crippen molar-refractivity contribution in [2.75, 3.05) is 33.0 Å². The predicted octanol–water partition coefficient (Wildman–Crippen LogP) is 0.675. The predicted molar refractivity (Wildman–Crippen MR) is 62.5 cm³/mol. The molecule has 0 atom stereocenters. The van der Waals surface area contributed by atoms with E-state index in [1.807, 2.05) is 0 Å². The maximum absolute atomic E-state index is 13.5. The fraction of sp³-hybridized carbons (Fsp3) is 0.400. The highest BCUT2D eigenvalue weighted by atomic mass is 32.2. The van der Waals surface area contributed by atoms with Gasteiger partial charge in [-0.1, -0.05) is 6.07 Å². The summed E-state index contributed by atoms with van der Waals surface area (Å²) in [5.74, 6) is -0.853. The molecule has 0 amide bonds. The van der Waals surface area contributed by atoms with Crippen molar-refractivity contribution in [2.45, 2.75) is 4.90 Å². The summed E-state index contributed by atoms with van der Waals surface area (Å²) in [6.45, 7) is 0.358. The Morgan fingerprint density at radius 3 is 2.65 bits per heavy atom. The third-order valence-corrected chi connectivity index (χ3v) is 4.23. The van der Waals surface area contributed by atoms with E-state index in [4.69, 9.17) is 10.5 Å². The van der Waals surface area contributed by atoms with Gasteiger partial charge in [0, 0.05) is 20.7 Å². The number of hydrogen-bond donors (Lipinski definition) is 1. The third kappa shape index (κ3) is 2.93. The Kier molecular flexibility index (Phi) is 4.44. The zero-order valence-electron chi connectivity index (χ0n) is 9.68. The first kappa shape index (κ1) is 13.9. The maximum Gasteiger partial charge on any atom is 0.247 e. The molecule has 2 N–H and O–H groups in total. The van der Waals surface area contributed by atoms with E-state index in [0.717, 1.165) is 10.4 Å². The molecule has 0 spiro atoms. The normalized spacial score (nSPS) is 12.0. The minimum atomic E-state index is -3.92. The van der Waals surface area contributed by atoms with Crippen molar-refractivity contribution in [3.8, 4) is 0 Å². The lowest BCUT2D eigenvalue weighted by Crippen LogP contribution is -2.31. The zero-order valence-corrected chi connectivity index (χ0v) is 10.5. The number of nitrogens with zero attached hydrogens (tertiary/aromatic N) is 1. The molecule has 96 valence electrons. The van der Waals surface area contributed by atoms with Crippen molar-refractivity contribution in [1.29, 1.82) is 0 Å². The second-order valence-corrected chi connectivity index (χ2v) is 5.46. The summed E-state index contributed by atoms with van der Waals surface area (Å²) in [5, 5.41) is 0. The van der Waals surface area contributed by atoms with Crippen molar-refractivity contribution in [1.82, 2.24) is 4.31 Å². The Morgan fingerprint density at radius 1 is 1.47 bits per heavy atom. The van der Waals surface area contributed by atoms with Crippen LogP contribution in [0.4, 0.5) is 10.1 Å². The molecule has 1 rings (SSSR count). The average Bonchev–Trinajstić information content (AvgIpc) is 2.25. The molecule has 0 radical (unpaired) electrons. The third-order valence-electron chi connectivity index (χ3n) is 2.28. The molecule has 0 saturated carbocycles. The van der Waals surface area contributed by atoms with Gasteiger partial charge in [0.05, 0.1) is 12.3 Å². The Hall–Kier alpha value is -1.18. The molecule has 0 aromatic heterocycles. The van der Waals surface area contributed by atoms with E-state index in [0.29, 0.717) is 0 Å². The summed E-state index contributed by atoms with van der Waals surface area (Å²) in [6, 6.07) is 3.77. The molecule has 7 heteroatoms. The SMILES string of the molecule is COCCN(C)S(=O)(=O)c1c(N)cccc1F. The summed E-state index contributed by atoms with van der Waals surface area (Å²) in [7, 11) is -1.12. The molecule has 0 heterocycles. The highest BCUT2D eigenvalue weighted by molar-refractivity contribution is 7.89. The Morgan fingerprint density at radius 2 is 2.12 bits per heavy atom. The number of nitrogens with two attached hydrogens (primary N) is 1. The standard InChI is InChI=1S/C10H15FN2O3S/c1-13(6-7-16-2)17(14,15)10-8(11)4-3-5-9(10)12/h3-5H,6-7,12H2,1-2H3. The zero-order chi connectivity index (χ0) is 13.1. The average molecular weight is 262 g/mol. The Bertz CT molecular complexity index is 470. The van der Waals surface area contributed by atoms with Crippen LogP contribution in [0.25, 0.3) is 0 Å². The van der Waals surface area contributed by atoms with E-state index in [1.165, 1.54) is 26.3 Å². The number of halogens is 1. The number of ether oxygens (including phenoxy) is 1. The van der Waals surface area contributed by atoms with Gasteiger partial charge < -0.3 is 10.5 Å². The van der Waals surface area contributed by atoms with Crippen LogP contribution in [-0.4, -0.2) is 40.0 Å². The van der Waals surface area contributed by atoms with Gasteiger partial charge in [-0.3, -0.25) is 0 Å². The highest BCUT2D eigenvalue weighted by Gasteiger charge is 2.26. The minimum Gasteiger partial charge on any atom is -0.398 e. The lowest BCUT2D eigenvalue weighted by atomic mass is 10.3. The van der Waals surface area contributed by atoms with Crippen molar-refractivity contribution in [3.63, 3.8) is 0 Å². The number of rotatable bonds is 5. The molecular weight excluding hydrogens is 247 g/mol. The van der Waals surface area contributed by atoms with Crippen LogP contribution in [0.3, 0.4) is 0 Å². The monoisotopic (exact) mass is 262 g/mol. The molecule has 0 bridgehead atoms. The van der Waals surface area contributed by atoms with E-state index in [2.05, 4.69) is 0 Å². The van der Waals surface area contributed by atoms with Gasteiger partial charge in [-0.2, -0.15) is 4.31 Å². The summed E-state index contributed by atoms with van der Waals surface area (Å²) in [4.78, 5) is -0.487. The largest absolute Gasteiger partial charge is 0.398 e. The lowest BCUT2D eigenvalue weighted by Gasteiger charge is -2.18. The maximum atomic E-state index is 13.5. The molecule has 0 aliphatic carbocycles. The smallest absolute Gasteiger partial charge is 0.247 e. The van der Waals surface area contributed by atoms with Gasteiger partial charge in [-0.25, -0.2) is 12.8 Å². The minimum absolute atomic E-state index is 0.103. The first-order valence-electron chi connectivity index (χ1n) is 4.90.